The van der Waals surface area contributed by atoms with Crippen molar-refractivity contribution in [3.8, 4) is 5.69 Å². The SMILES string of the molecule is O=C(CCc1nc2ccccc2n1-c1ccccc1)N(Cc1ccco1)Cc1ccco1. The molecule has 1 amide bonds. The summed E-state index contributed by atoms with van der Waals surface area (Å²) in [6.45, 7) is 0.781. The van der Waals surface area contributed by atoms with Gasteiger partial charge in [-0.15, -0.1) is 0 Å². The highest BCUT2D eigenvalue weighted by molar-refractivity contribution is 5.79. The first-order valence-electron chi connectivity index (χ1n) is 10.6. The summed E-state index contributed by atoms with van der Waals surface area (Å²) >= 11 is 0. The number of aromatic nitrogens is 2. The van der Waals surface area contributed by atoms with E-state index in [-0.39, 0.29) is 5.91 Å². The van der Waals surface area contributed by atoms with E-state index in [0.717, 1.165) is 34.1 Å². The van der Waals surface area contributed by atoms with E-state index in [1.807, 2.05) is 60.7 Å². The maximum Gasteiger partial charge on any atom is 0.223 e. The van der Waals surface area contributed by atoms with E-state index in [1.165, 1.54) is 0 Å². The Bertz CT molecular complexity index is 1250. The van der Waals surface area contributed by atoms with Crippen molar-refractivity contribution in [2.24, 2.45) is 0 Å². The van der Waals surface area contributed by atoms with Crippen LogP contribution in [0.5, 0.6) is 0 Å². The molecule has 0 atom stereocenters. The summed E-state index contributed by atoms with van der Waals surface area (Å²) in [5, 5.41) is 0. The lowest BCUT2D eigenvalue weighted by molar-refractivity contribution is -0.133. The predicted octanol–water partition coefficient (Wildman–Crippen LogP) is 5.37. The molecule has 32 heavy (non-hydrogen) atoms. The van der Waals surface area contributed by atoms with Gasteiger partial charge in [-0.2, -0.15) is 0 Å². The van der Waals surface area contributed by atoms with Gasteiger partial charge in [0.2, 0.25) is 5.91 Å². The Labute approximate surface area is 185 Å². The molecule has 0 bridgehead atoms. The average molecular weight is 425 g/mol. The molecule has 5 rings (SSSR count). The minimum absolute atomic E-state index is 0.0180. The summed E-state index contributed by atoms with van der Waals surface area (Å²) < 4.78 is 13.1. The molecular weight excluding hydrogens is 402 g/mol. The van der Waals surface area contributed by atoms with Gasteiger partial charge in [-0.3, -0.25) is 9.36 Å². The highest BCUT2D eigenvalue weighted by atomic mass is 16.3. The van der Waals surface area contributed by atoms with Crippen LogP contribution in [0.2, 0.25) is 0 Å². The third-order valence-corrected chi connectivity index (χ3v) is 5.41. The number of aryl methyl sites for hydroxylation is 1. The summed E-state index contributed by atoms with van der Waals surface area (Å²) in [6, 6.07) is 25.6. The van der Waals surface area contributed by atoms with Crippen LogP contribution in [0.25, 0.3) is 16.7 Å². The second-order valence-corrected chi connectivity index (χ2v) is 7.60. The number of hydrogen-bond donors (Lipinski definition) is 0. The molecule has 0 aliphatic rings. The van der Waals surface area contributed by atoms with E-state index in [9.17, 15) is 4.79 Å². The molecule has 0 fully saturated rings. The molecule has 0 unspecified atom stereocenters. The van der Waals surface area contributed by atoms with Crippen molar-refractivity contribution in [3.63, 3.8) is 0 Å². The van der Waals surface area contributed by atoms with Crippen LogP contribution in [0.1, 0.15) is 23.8 Å². The van der Waals surface area contributed by atoms with Crippen LogP contribution in [0.3, 0.4) is 0 Å². The predicted molar refractivity (Wildman–Crippen MR) is 121 cm³/mol. The van der Waals surface area contributed by atoms with Gasteiger partial charge in [-0.05, 0) is 48.5 Å². The number of imidazole rings is 1. The number of amides is 1. The lowest BCUT2D eigenvalue weighted by Crippen LogP contribution is -2.30. The average Bonchev–Trinajstić information content (AvgIpc) is 3.59. The number of carbonyl (C=O) groups excluding carboxylic acids is 1. The molecule has 3 heterocycles. The number of fused-ring (bicyclic) bond motifs is 1. The van der Waals surface area contributed by atoms with Crippen molar-refractivity contribution in [1.29, 1.82) is 0 Å². The number of carbonyl (C=O) groups is 1. The molecule has 0 spiro atoms. The molecule has 2 aromatic carbocycles. The maximum absolute atomic E-state index is 13.2. The van der Waals surface area contributed by atoms with Gasteiger partial charge < -0.3 is 13.7 Å². The minimum Gasteiger partial charge on any atom is -0.467 e. The molecular formula is C26H23N3O3. The monoisotopic (exact) mass is 425 g/mol. The first kappa shape index (κ1) is 19.9. The van der Waals surface area contributed by atoms with E-state index < -0.39 is 0 Å². The maximum atomic E-state index is 13.2. The largest absolute Gasteiger partial charge is 0.467 e. The van der Waals surface area contributed by atoms with Gasteiger partial charge in [0.15, 0.2) is 0 Å². The summed E-state index contributed by atoms with van der Waals surface area (Å²) in [7, 11) is 0. The number of benzene rings is 2. The second-order valence-electron chi connectivity index (χ2n) is 7.60. The van der Waals surface area contributed by atoms with Gasteiger partial charge in [-0.25, -0.2) is 4.98 Å². The van der Waals surface area contributed by atoms with E-state index >= 15 is 0 Å². The fourth-order valence-corrected chi connectivity index (χ4v) is 3.90. The summed E-state index contributed by atoms with van der Waals surface area (Å²) in [6.07, 6.45) is 4.09. The lowest BCUT2D eigenvalue weighted by atomic mass is 10.2. The number of rotatable bonds is 8. The molecule has 6 nitrogen and oxygen atoms in total. The molecule has 0 saturated carbocycles. The van der Waals surface area contributed by atoms with E-state index in [1.54, 1.807) is 17.4 Å². The van der Waals surface area contributed by atoms with Crippen LogP contribution in [0, 0.1) is 0 Å². The number of hydrogen-bond acceptors (Lipinski definition) is 4. The molecule has 6 heteroatoms. The lowest BCUT2D eigenvalue weighted by Gasteiger charge is -2.20. The van der Waals surface area contributed by atoms with Crippen molar-refractivity contribution < 1.29 is 13.6 Å². The molecule has 0 saturated heterocycles. The van der Waals surface area contributed by atoms with Crippen molar-refractivity contribution in [2.75, 3.05) is 0 Å². The number of para-hydroxylation sites is 3. The summed E-state index contributed by atoms with van der Waals surface area (Å²) in [4.78, 5) is 19.8. The van der Waals surface area contributed by atoms with E-state index in [2.05, 4.69) is 22.8 Å². The number of nitrogens with zero attached hydrogens (tertiary/aromatic N) is 3. The minimum atomic E-state index is 0.0180. The van der Waals surface area contributed by atoms with Crippen molar-refractivity contribution in [2.45, 2.75) is 25.9 Å². The Kier molecular flexibility index (Phi) is 5.58. The Balaban J connectivity index is 1.39. The highest BCUT2D eigenvalue weighted by Crippen LogP contribution is 2.23. The molecule has 0 aliphatic heterocycles. The summed E-state index contributed by atoms with van der Waals surface area (Å²) in [5.74, 6) is 2.36. The molecule has 0 radical (unpaired) electrons. The van der Waals surface area contributed by atoms with Crippen LogP contribution in [0.4, 0.5) is 0 Å². The smallest absolute Gasteiger partial charge is 0.223 e. The molecule has 160 valence electrons. The van der Waals surface area contributed by atoms with Gasteiger partial charge in [0.1, 0.15) is 17.3 Å². The standard InChI is InChI=1S/C26H23N3O3/c30-26(28(18-21-10-6-16-31-21)19-22-11-7-17-32-22)15-14-25-27-23-12-4-5-13-24(23)29(25)20-8-2-1-3-9-20/h1-13,16-17H,14-15,18-19H2. The molecule has 0 N–H and O–H groups in total. The third kappa shape index (κ3) is 4.21. The molecule has 3 aromatic heterocycles. The second kappa shape index (κ2) is 8.98. The van der Waals surface area contributed by atoms with Gasteiger partial charge in [-0.1, -0.05) is 30.3 Å². The Morgan fingerprint density at radius 2 is 1.47 bits per heavy atom. The van der Waals surface area contributed by atoms with Gasteiger partial charge >= 0.3 is 0 Å². The molecule has 5 aromatic rings. The van der Waals surface area contributed by atoms with Crippen LogP contribution < -0.4 is 0 Å². The first-order valence-corrected chi connectivity index (χ1v) is 10.6. The summed E-state index contributed by atoms with van der Waals surface area (Å²) in [5.41, 5.74) is 2.98. The van der Waals surface area contributed by atoms with Crippen LogP contribution >= 0.6 is 0 Å². The van der Waals surface area contributed by atoms with Crippen LogP contribution in [-0.2, 0) is 24.3 Å². The van der Waals surface area contributed by atoms with Gasteiger partial charge in [0.05, 0.1) is 36.6 Å². The van der Waals surface area contributed by atoms with Crippen LogP contribution in [-0.4, -0.2) is 20.4 Å². The fourth-order valence-electron chi connectivity index (χ4n) is 3.90. The van der Waals surface area contributed by atoms with E-state index in [0.29, 0.717) is 25.9 Å². The Morgan fingerprint density at radius 3 is 2.12 bits per heavy atom. The normalized spacial score (nSPS) is 11.1. The Morgan fingerprint density at radius 1 is 0.812 bits per heavy atom. The fraction of sp³-hybridized carbons (Fsp3) is 0.154. The highest BCUT2D eigenvalue weighted by Gasteiger charge is 2.19. The zero-order valence-electron chi connectivity index (χ0n) is 17.6. The van der Waals surface area contributed by atoms with Crippen molar-refractivity contribution in [1.82, 2.24) is 14.5 Å². The van der Waals surface area contributed by atoms with Gasteiger partial charge in [0.25, 0.3) is 0 Å². The zero-order chi connectivity index (χ0) is 21.8. The number of furan rings is 2. The first-order chi connectivity index (χ1) is 15.8. The zero-order valence-corrected chi connectivity index (χ0v) is 17.6. The molecule has 0 aliphatic carbocycles. The Hall–Kier alpha value is -4.06. The third-order valence-electron chi connectivity index (χ3n) is 5.41. The van der Waals surface area contributed by atoms with Crippen molar-refractivity contribution in [3.05, 3.63) is 109 Å². The topological polar surface area (TPSA) is 64.4 Å². The van der Waals surface area contributed by atoms with E-state index in [4.69, 9.17) is 13.8 Å². The van der Waals surface area contributed by atoms with Crippen LogP contribution in [0.15, 0.2) is 100 Å². The quantitative estimate of drug-likeness (QED) is 0.335. The van der Waals surface area contributed by atoms with Gasteiger partial charge in [0, 0.05) is 18.5 Å². The van der Waals surface area contributed by atoms with Crippen molar-refractivity contribution >= 4 is 16.9 Å².